The van der Waals surface area contributed by atoms with E-state index in [1.54, 1.807) is 0 Å². The van der Waals surface area contributed by atoms with Crippen LogP contribution >= 0.6 is 24.8 Å². The van der Waals surface area contributed by atoms with Crippen molar-refractivity contribution in [2.24, 2.45) is 0 Å². The molecule has 0 aliphatic rings. The average molecular weight is 579 g/mol. The molecule has 4 heteroatoms. The molecule has 6 aromatic carbocycles. The Labute approximate surface area is 233 Å². The number of halogens is 2. The van der Waals surface area contributed by atoms with Crippen LogP contribution in [0.2, 0.25) is 0 Å². The second kappa shape index (κ2) is 15.8. The molecule has 0 unspecified atom stereocenters. The van der Waals surface area contributed by atoms with Gasteiger partial charge < -0.3 is 14.9 Å². The first-order valence-corrected chi connectivity index (χ1v) is 14.1. The van der Waals surface area contributed by atoms with Gasteiger partial charge in [0.05, 0.1) is 0 Å². The molecule has 0 atom stereocenters. The standard InChI is InChI=1S/C19H13.C9H7.2CH3.2ClH.Si.Zr/c1-2-10-16-14(6-1)8-4-12-18(16)19-13-5-9-15-7-3-11-17(15)19;1-2-5-9-7-3-6-8(9)4-1;;;;;;/h1-13H;1-7H;2*1H3;2*1H;;/q4*-1;;;;. The van der Waals surface area contributed by atoms with E-state index in [-0.39, 0.29) is 39.7 Å². The Morgan fingerprint density at radius 3 is 1.71 bits per heavy atom. The molecular weight excluding hydrogens is 551 g/mol. The van der Waals surface area contributed by atoms with Crippen molar-refractivity contribution in [3.05, 3.63) is 136 Å². The first-order valence-electron chi connectivity index (χ1n) is 9.88. The van der Waals surface area contributed by atoms with E-state index >= 15 is 0 Å². The summed E-state index contributed by atoms with van der Waals surface area (Å²) in [5.41, 5.74) is 2.63. The van der Waals surface area contributed by atoms with Crippen molar-refractivity contribution in [2.75, 3.05) is 0 Å². The first kappa shape index (κ1) is 32.0. The molecule has 0 bridgehead atoms. The van der Waals surface area contributed by atoms with Crippen LogP contribution in [-0.2, 0) is 23.3 Å². The summed E-state index contributed by atoms with van der Waals surface area (Å²) in [5.74, 6) is 0. The molecule has 0 aromatic heterocycles. The van der Waals surface area contributed by atoms with Gasteiger partial charge in [-0.1, -0.05) is 60.2 Å². The van der Waals surface area contributed by atoms with E-state index < -0.39 is 0 Å². The Balaban J connectivity index is 0.000000626. The van der Waals surface area contributed by atoms with Crippen LogP contribution < -0.4 is 0 Å². The van der Waals surface area contributed by atoms with Crippen LogP contribution in [0.25, 0.3) is 43.4 Å². The fraction of sp³-hybridized carbons (Fsp3) is 0. The van der Waals surface area contributed by atoms with Gasteiger partial charge in [0.15, 0.2) is 0 Å². The minimum atomic E-state index is 0. The first-order chi connectivity index (χ1) is 14.9. The van der Waals surface area contributed by atoms with Gasteiger partial charge in [-0.3, -0.25) is 0 Å². The van der Waals surface area contributed by atoms with Crippen molar-refractivity contribution >= 4 is 64.0 Å². The number of fused-ring (bicyclic) bond motifs is 3. The van der Waals surface area contributed by atoms with E-state index in [4.69, 9.17) is 0 Å². The van der Waals surface area contributed by atoms with E-state index in [1.807, 2.05) is 0 Å². The van der Waals surface area contributed by atoms with Gasteiger partial charge in [0.25, 0.3) is 0 Å². The van der Waals surface area contributed by atoms with Crippen LogP contribution in [0, 0.1) is 14.9 Å². The second-order valence-corrected chi connectivity index (χ2v) is 7.02. The molecule has 0 N–H and O–H groups in total. The number of hydrogen-bond donors (Lipinski definition) is 0. The fourth-order valence-corrected chi connectivity index (χ4v) is 3.93. The topological polar surface area (TPSA) is 0 Å². The molecule has 34 heavy (non-hydrogen) atoms. The quantitative estimate of drug-likeness (QED) is 0.135. The summed E-state index contributed by atoms with van der Waals surface area (Å²) in [4.78, 5) is 0. The molecule has 0 heterocycles. The maximum atomic E-state index is 3.06. The minimum Gasteiger partial charge on any atom is -0.168 e. The van der Waals surface area contributed by atoms with Crippen molar-refractivity contribution in [2.45, 2.75) is 0 Å². The number of rotatable bonds is 1. The van der Waals surface area contributed by atoms with Crippen molar-refractivity contribution in [1.82, 2.24) is 0 Å². The molecule has 0 aliphatic carbocycles. The maximum absolute atomic E-state index is 3.06. The number of hydrogen-bond acceptors (Lipinski definition) is 0. The van der Waals surface area contributed by atoms with Gasteiger partial charge >= 0.3 is 30.2 Å². The van der Waals surface area contributed by atoms with Gasteiger partial charge in [-0.15, -0.1) is 83.4 Å². The summed E-state index contributed by atoms with van der Waals surface area (Å²) in [6, 6.07) is 42.8. The zero-order chi connectivity index (χ0) is 20.8. The van der Waals surface area contributed by atoms with E-state index in [0.29, 0.717) is 0 Å². The summed E-state index contributed by atoms with van der Waals surface area (Å²) >= 11 is 1.36. The van der Waals surface area contributed by atoms with Crippen molar-refractivity contribution in [1.29, 1.82) is 0 Å². The van der Waals surface area contributed by atoms with Crippen LogP contribution in [-0.4, -0.2) is 6.88 Å². The summed E-state index contributed by atoms with van der Waals surface area (Å²) in [7, 11) is 0. The minimum absolute atomic E-state index is 0. The fourth-order valence-electron chi connectivity index (χ4n) is 3.93. The second-order valence-electron chi connectivity index (χ2n) is 7.02. The summed E-state index contributed by atoms with van der Waals surface area (Å²) in [6.07, 6.45) is 0. The maximum Gasteiger partial charge on any atom is -0.0114 e. The molecule has 0 fully saturated rings. The normalized spacial score (nSPS) is 9.03. The van der Waals surface area contributed by atoms with Gasteiger partial charge in [-0.25, -0.2) is 0 Å². The molecule has 0 amide bonds. The smallest absolute Gasteiger partial charge is 0.0114 e. The molecule has 0 spiro atoms. The van der Waals surface area contributed by atoms with Crippen LogP contribution in [0.15, 0.2) is 121 Å². The van der Waals surface area contributed by atoms with E-state index in [1.165, 1.54) is 66.8 Å². The molecule has 6 rings (SSSR count). The Morgan fingerprint density at radius 1 is 0.471 bits per heavy atom. The molecule has 0 aliphatic heterocycles. The third kappa shape index (κ3) is 7.03. The monoisotopic (exact) mass is 576 g/mol. The predicted molar refractivity (Wildman–Crippen MR) is 155 cm³/mol. The number of benzene rings is 4. The van der Waals surface area contributed by atoms with E-state index in [9.17, 15) is 0 Å². The van der Waals surface area contributed by atoms with Gasteiger partial charge in [0.1, 0.15) is 0 Å². The molecule has 0 saturated carbocycles. The average Bonchev–Trinajstić information content (AvgIpc) is 3.50. The van der Waals surface area contributed by atoms with Gasteiger partial charge in [-0.2, -0.15) is 29.7 Å². The van der Waals surface area contributed by atoms with Crippen LogP contribution in [0.4, 0.5) is 0 Å². The Kier molecular flexibility index (Phi) is 14.9. The van der Waals surface area contributed by atoms with Crippen LogP contribution in [0.5, 0.6) is 0 Å². The molecule has 0 nitrogen and oxygen atoms in total. The van der Waals surface area contributed by atoms with E-state index in [2.05, 4.69) is 128 Å². The summed E-state index contributed by atoms with van der Waals surface area (Å²) in [6.45, 7) is 3.06. The summed E-state index contributed by atoms with van der Waals surface area (Å²) in [5, 5.41) is 7.92. The van der Waals surface area contributed by atoms with Gasteiger partial charge in [0.2, 0.25) is 0 Å². The molecule has 174 valence electrons. The van der Waals surface area contributed by atoms with Gasteiger partial charge in [-0.05, 0) is 16.3 Å². The SMILES string of the molecule is Cl.Cl.[CH3-].[CH3-].[Si]=[Zr].c1ccc2[cH-]ccc2c1.c1ccc2c(-c3cccc4[cH-]ccc34)cccc2c1. The molecule has 2 radical (unpaired) electrons. The van der Waals surface area contributed by atoms with Crippen LogP contribution in [0.1, 0.15) is 0 Å². The Morgan fingerprint density at radius 2 is 0.971 bits per heavy atom. The summed E-state index contributed by atoms with van der Waals surface area (Å²) < 4.78 is 0. The molecule has 6 aromatic rings. The third-order valence-corrected chi connectivity index (χ3v) is 5.31. The largest absolute Gasteiger partial charge is 0.168 e. The van der Waals surface area contributed by atoms with Gasteiger partial charge in [0, 0.05) is 0 Å². The predicted octanol–water partition coefficient (Wildman–Crippen LogP) is 9.30. The third-order valence-electron chi connectivity index (χ3n) is 5.31. The Hall–Kier alpha value is -1.96. The molecule has 0 saturated heterocycles. The van der Waals surface area contributed by atoms with Crippen LogP contribution in [0.3, 0.4) is 0 Å². The zero-order valence-corrected chi connectivity index (χ0v) is 24.5. The van der Waals surface area contributed by atoms with Crippen molar-refractivity contribution in [3.8, 4) is 11.1 Å². The van der Waals surface area contributed by atoms with E-state index in [0.717, 1.165) is 0 Å². The van der Waals surface area contributed by atoms with Crippen molar-refractivity contribution < 1.29 is 23.3 Å². The molecular formula is C30H28Cl2SiZr-4. The zero-order valence-electron chi connectivity index (χ0n) is 19.4. The van der Waals surface area contributed by atoms with Crippen molar-refractivity contribution in [3.63, 3.8) is 0 Å². The Bertz CT molecular complexity index is 1370.